The van der Waals surface area contributed by atoms with Gasteiger partial charge in [-0.3, -0.25) is 4.79 Å². The van der Waals surface area contributed by atoms with Crippen LogP contribution in [0.15, 0.2) is 24.4 Å². The maximum atomic E-state index is 13.6. The maximum absolute atomic E-state index is 13.6. The number of rotatable bonds is 3. The number of nitrogens with two attached hydrogens (primary N) is 1. The highest BCUT2D eigenvalue weighted by Crippen LogP contribution is 2.20. The lowest BCUT2D eigenvalue weighted by atomic mass is 10.0. The molecule has 0 aliphatic heterocycles. The summed E-state index contributed by atoms with van der Waals surface area (Å²) in [5.74, 6) is -1.81. The molecule has 0 heterocycles. The Morgan fingerprint density at radius 2 is 2.11 bits per heavy atom. The van der Waals surface area contributed by atoms with Crippen LogP contribution in [0, 0.1) is 5.82 Å². The molecule has 1 aromatic carbocycles. The van der Waals surface area contributed by atoms with Crippen molar-refractivity contribution in [2.24, 2.45) is 5.73 Å². The van der Waals surface area contributed by atoms with Crippen molar-refractivity contribution in [1.29, 1.82) is 0 Å². The zero-order valence-electron chi connectivity index (χ0n) is 9.99. The van der Waals surface area contributed by atoms with Gasteiger partial charge in [-0.1, -0.05) is 0 Å². The highest BCUT2D eigenvalue weighted by molar-refractivity contribution is 6.19. The maximum Gasteiger partial charge on any atom is 0.337 e. The molecular formula is C12H13FN2O3. The summed E-state index contributed by atoms with van der Waals surface area (Å²) in [7, 11) is 2.61. The minimum absolute atomic E-state index is 0.0549. The summed E-state index contributed by atoms with van der Waals surface area (Å²) in [5, 5.41) is 2.33. The molecule has 6 heteroatoms. The molecule has 0 atom stereocenters. The molecule has 0 aromatic heterocycles. The van der Waals surface area contributed by atoms with E-state index in [1.807, 2.05) is 0 Å². The predicted octanol–water partition coefficient (Wildman–Crippen LogP) is 0.658. The molecule has 3 N–H and O–H groups in total. The molecule has 0 aliphatic rings. The predicted molar refractivity (Wildman–Crippen MR) is 64.0 cm³/mol. The Morgan fingerprint density at radius 3 is 2.61 bits per heavy atom. The summed E-state index contributed by atoms with van der Waals surface area (Å²) < 4.78 is 18.2. The molecule has 1 aromatic rings. The van der Waals surface area contributed by atoms with E-state index >= 15 is 0 Å². The average molecular weight is 252 g/mol. The molecule has 1 amide bonds. The van der Waals surface area contributed by atoms with E-state index in [1.54, 1.807) is 0 Å². The van der Waals surface area contributed by atoms with E-state index in [1.165, 1.54) is 26.3 Å². The number of hydrogen-bond acceptors (Lipinski definition) is 4. The highest BCUT2D eigenvalue weighted by Gasteiger charge is 2.17. The van der Waals surface area contributed by atoms with Crippen molar-refractivity contribution >= 4 is 17.4 Å². The molecule has 0 unspecified atom stereocenters. The van der Waals surface area contributed by atoms with Crippen molar-refractivity contribution < 1.29 is 18.7 Å². The number of methoxy groups -OCH3 is 1. The van der Waals surface area contributed by atoms with Gasteiger partial charge in [-0.15, -0.1) is 0 Å². The fourth-order valence-corrected chi connectivity index (χ4v) is 1.40. The van der Waals surface area contributed by atoms with E-state index in [2.05, 4.69) is 10.1 Å². The molecule has 0 saturated carbocycles. The largest absolute Gasteiger partial charge is 0.465 e. The van der Waals surface area contributed by atoms with Gasteiger partial charge in [0.05, 0.1) is 18.2 Å². The van der Waals surface area contributed by atoms with Gasteiger partial charge in [-0.05, 0) is 18.2 Å². The van der Waals surface area contributed by atoms with Crippen LogP contribution in [0.1, 0.15) is 15.9 Å². The quantitative estimate of drug-likeness (QED) is 0.611. The van der Waals surface area contributed by atoms with Crippen molar-refractivity contribution in [2.45, 2.75) is 0 Å². The van der Waals surface area contributed by atoms with Crippen LogP contribution in [-0.4, -0.2) is 26.0 Å². The Bertz CT molecular complexity index is 512. The average Bonchev–Trinajstić information content (AvgIpc) is 2.40. The summed E-state index contributed by atoms with van der Waals surface area (Å²) in [6.07, 6.45) is 0.984. The number of likely N-dealkylation sites (N-methyl/N-ethyl adjacent to an activating group) is 1. The molecule has 0 aliphatic carbocycles. The fourth-order valence-electron chi connectivity index (χ4n) is 1.40. The lowest BCUT2D eigenvalue weighted by Gasteiger charge is -2.08. The number of halogens is 1. The Labute approximate surface area is 103 Å². The van der Waals surface area contributed by atoms with E-state index in [-0.39, 0.29) is 16.7 Å². The van der Waals surface area contributed by atoms with Crippen molar-refractivity contribution in [3.05, 3.63) is 41.3 Å². The molecule has 5 nitrogen and oxygen atoms in total. The molecule has 18 heavy (non-hydrogen) atoms. The van der Waals surface area contributed by atoms with Gasteiger partial charge in [0.1, 0.15) is 5.82 Å². The van der Waals surface area contributed by atoms with Gasteiger partial charge >= 0.3 is 5.97 Å². The second kappa shape index (κ2) is 5.81. The monoisotopic (exact) mass is 252 g/mol. The number of esters is 1. The first-order valence-corrected chi connectivity index (χ1v) is 5.07. The number of carbonyl (C=O) groups excluding carboxylic acids is 2. The van der Waals surface area contributed by atoms with Gasteiger partial charge in [-0.2, -0.15) is 0 Å². The van der Waals surface area contributed by atoms with E-state index in [4.69, 9.17) is 5.73 Å². The standard InChI is InChI=1S/C12H13FN2O3/c1-15-11(16)9(6-14)8-5-7(12(17)18-2)3-4-10(8)13/h3-6H,14H2,1-2H3,(H,15,16). The third kappa shape index (κ3) is 2.65. The molecule has 96 valence electrons. The number of nitrogens with one attached hydrogen (secondary N) is 1. The first-order valence-electron chi connectivity index (χ1n) is 5.07. The van der Waals surface area contributed by atoms with E-state index in [0.717, 1.165) is 12.3 Å². The first-order chi connectivity index (χ1) is 8.54. The third-order valence-electron chi connectivity index (χ3n) is 2.32. The SMILES string of the molecule is CNC(=O)C(=CN)c1cc(C(=O)OC)ccc1F. The number of ether oxygens (including phenoxy) is 1. The smallest absolute Gasteiger partial charge is 0.337 e. The van der Waals surface area contributed by atoms with Crippen LogP contribution in [0.2, 0.25) is 0 Å². The Balaban J connectivity index is 3.30. The molecule has 0 saturated heterocycles. The Morgan fingerprint density at radius 1 is 1.44 bits per heavy atom. The Hall–Kier alpha value is -2.37. The minimum atomic E-state index is -0.650. The van der Waals surface area contributed by atoms with Crippen LogP contribution in [0.25, 0.3) is 5.57 Å². The van der Waals surface area contributed by atoms with Crippen LogP contribution in [0.3, 0.4) is 0 Å². The summed E-state index contributed by atoms with van der Waals surface area (Å²) in [6.45, 7) is 0. The van der Waals surface area contributed by atoms with Crippen molar-refractivity contribution in [2.75, 3.05) is 14.2 Å². The van der Waals surface area contributed by atoms with Gasteiger partial charge in [0.15, 0.2) is 0 Å². The number of benzene rings is 1. The Kier molecular flexibility index (Phi) is 4.42. The lowest BCUT2D eigenvalue weighted by molar-refractivity contribution is -0.115. The normalized spacial score (nSPS) is 10.9. The lowest BCUT2D eigenvalue weighted by Crippen LogP contribution is -2.21. The van der Waals surface area contributed by atoms with Crippen molar-refractivity contribution in [1.82, 2.24) is 5.32 Å². The fraction of sp³-hybridized carbons (Fsp3) is 0.167. The molecular weight excluding hydrogens is 239 g/mol. The van der Waals surface area contributed by atoms with Crippen LogP contribution >= 0.6 is 0 Å². The number of hydrogen-bond donors (Lipinski definition) is 2. The minimum Gasteiger partial charge on any atom is -0.465 e. The topological polar surface area (TPSA) is 81.4 Å². The molecule has 0 radical (unpaired) electrons. The summed E-state index contributed by atoms with van der Waals surface area (Å²) in [6, 6.07) is 3.56. The van der Waals surface area contributed by atoms with E-state index in [0.29, 0.717) is 0 Å². The van der Waals surface area contributed by atoms with Crippen LogP contribution in [0.5, 0.6) is 0 Å². The molecule has 0 fully saturated rings. The van der Waals surface area contributed by atoms with E-state index in [9.17, 15) is 14.0 Å². The summed E-state index contributed by atoms with van der Waals surface area (Å²) in [4.78, 5) is 22.8. The van der Waals surface area contributed by atoms with Crippen LogP contribution in [0.4, 0.5) is 4.39 Å². The van der Waals surface area contributed by atoms with Crippen molar-refractivity contribution in [3.63, 3.8) is 0 Å². The number of amides is 1. The second-order valence-corrected chi connectivity index (χ2v) is 3.35. The van der Waals surface area contributed by atoms with Gasteiger partial charge in [-0.25, -0.2) is 9.18 Å². The van der Waals surface area contributed by atoms with Crippen LogP contribution in [-0.2, 0) is 9.53 Å². The van der Waals surface area contributed by atoms with Gasteiger partial charge < -0.3 is 15.8 Å². The summed E-state index contributed by atoms with van der Waals surface area (Å²) in [5.41, 5.74) is 5.33. The number of carbonyl (C=O) groups is 2. The first kappa shape index (κ1) is 13.7. The zero-order chi connectivity index (χ0) is 13.7. The zero-order valence-corrected chi connectivity index (χ0v) is 9.99. The van der Waals surface area contributed by atoms with E-state index < -0.39 is 17.7 Å². The summed E-state index contributed by atoms with van der Waals surface area (Å²) >= 11 is 0. The van der Waals surface area contributed by atoms with Crippen LogP contribution < -0.4 is 11.1 Å². The molecule has 0 spiro atoms. The highest BCUT2D eigenvalue weighted by atomic mass is 19.1. The van der Waals surface area contributed by atoms with Gasteiger partial charge in [0, 0.05) is 18.8 Å². The van der Waals surface area contributed by atoms with Gasteiger partial charge in [0.25, 0.3) is 5.91 Å². The van der Waals surface area contributed by atoms with Crippen molar-refractivity contribution in [3.8, 4) is 0 Å². The second-order valence-electron chi connectivity index (χ2n) is 3.35. The third-order valence-corrected chi connectivity index (χ3v) is 2.32. The van der Waals surface area contributed by atoms with Gasteiger partial charge in [0.2, 0.25) is 0 Å². The molecule has 0 bridgehead atoms. The molecule has 1 rings (SSSR count).